The highest BCUT2D eigenvalue weighted by Crippen LogP contribution is 2.34. The van der Waals surface area contributed by atoms with Gasteiger partial charge in [0.2, 0.25) is 5.91 Å². The third-order valence-corrected chi connectivity index (χ3v) is 5.51. The minimum Gasteiger partial charge on any atom is -0.492 e. The van der Waals surface area contributed by atoms with Crippen LogP contribution < -0.4 is 25.8 Å². The SMILES string of the molecule is CCOc1cc(CN2CCC(Nc3ccc(NC(C)=O)nc3C)CC2)cc(OCC)c1N. The van der Waals surface area contributed by atoms with E-state index in [1.165, 1.54) is 6.92 Å². The Bertz CT molecular complexity index is 899. The van der Waals surface area contributed by atoms with Crippen LogP contribution in [0.25, 0.3) is 0 Å². The fraction of sp³-hybridized carbons (Fsp3) is 0.500. The number of nitrogens with zero attached hydrogens (tertiary/aromatic N) is 2. The summed E-state index contributed by atoms with van der Waals surface area (Å²) in [4.78, 5) is 18.1. The van der Waals surface area contributed by atoms with Crippen LogP contribution in [-0.4, -0.2) is 48.1 Å². The van der Waals surface area contributed by atoms with Crippen molar-refractivity contribution in [3.05, 3.63) is 35.5 Å². The number of pyridine rings is 1. The lowest BCUT2D eigenvalue weighted by atomic mass is 10.0. The number of nitrogens with two attached hydrogens (primary N) is 1. The number of benzene rings is 1. The van der Waals surface area contributed by atoms with Crippen LogP contribution in [0.3, 0.4) is 0 Å². The number of nitrogens with one attached hydrogen (secondary N) is 2. The van der Waals surface area contributed by atoms with Gasteiger partial charge < -0.3 is 25.8 Å². The van der Waals surface area contributed by atoms with Gasteiger partial charge in [0.05, 0.1) is 24.6 Å². The number of likely N-dealkylation sites (tertiary alicyclic amines) is 1. The smallest absolute Gasteiger partial charge is 0.222 e. The molecule has 1 aliphatic rings. The Morgan fingerprint density at radius 2 is 1.78 bits per heavy atom. The number of carbonyl (C=O) groups is 1. The first-order valence-electron chi connectivity index (χ1n) is 11.3. The Balaban J connectivity index is 1.58. The Labute approximate surface area is 190 Å². The van der Waals surface area contributed by atoms with E-state index in [1.54, 1.807) is 0 Å². The summed E-state index contributed by atoms with van der Waals surface area (Å²) in [6, 6.07) is 8.26. The number of hydrogen-bond donors (Lipinski definition) is 3. The zero-order valence-electron chi connectivity index (χ0n) is 19.5. The van der Waals surface area contributed by atoms with Crippen molar-refractivity contribution >= 4 is 23.1 Å². The van der Waals surface area contributed by atoms with Crippen LogP contribution in [0.15, 0.2) is 24.3 Å². The molecule has 2 heterocycles. The van der Waals surface area contributed by atoms with Crippen molar-refractivity contribution in [3.8, 4) is 11.5 Å². The Kier molecular flexibility index (Phi) is 8.16. The van der Waals surface area contributed by atoms with Crippen molar-refractivity contribution in [1.82, 2.24) is 9.88 Å². The zero-order valence-corrected chi connectivity index (χ0v) is 19.5. The maximum absolute atomic E-state index is 11.2. The summed E-state index contributed by atoms with van der Waals surface area (Å²) in [6.45, 7) is 11.3. The van der Waals surface area contributed by atoms with Gasteiger partial charge in [-0.3, -0.25) is 9.69 Å². The van der Waals surface area contributed by atoms with E-state index in [1.807, 2.05) is 45.0 Å². The molecule has 0 saturated carbocycles. The van der Waals surface area contributed by atoms with Gasteiger partial charge in [0.25, 0.3) is 0 Å². The van der Waals surface area contributed by atoms with Crippen LogP contribution in [0.1, 0.15) is 44.9 Å². The summed E-state index contributed by atoms with van der Waals surface area (Å²) in [5.41, 5.74) is 9.80. The van der Waals surface area contributed by atoms with Crippen molar-refractivity contribution in [1.29, 1.82) is 0 Å². The van der Waals surface area contributed by atoms with Crippen LogP contribution in [0.4, 0.5) is 17.2 Å². The predicted octanol–water partition coefficient (Wildman–Crippen LogP) is 3.80. The van der Waals surface area contributed by atoms with E-state index >= 15 is 0 Å². The monoisotopic (exact) mass is 441 g/mol. The molecular formula is C24H35N5O3. The molecule has 0 atom stereocenters. The van der Waals surface area contributed by atoms with E-state index < -0.39 is 0 Å². The standard InChI is InChI=1S/C24H35N5O3/c1-5-31-21-13-18(14-22(24(21)25)32-6-2)15-29-11-9-19(10-12-29)28-20-7-8-23(26-16(20)3)27-17(4)30/h7-8,13-14,19,28H,5-6,9-12,15,25H2,1-4H3,(H,26,27,30). The minimum absolute atomic E-state index is 0.118. The van der Waals surface area contributed by atoms with E-state index in [0.717, 1.165) is 49.4 Å². The molecule has 8 heteroatoms. The second-order valence-electron chi connectivity index (χ2n) is 8.08. The molecule has 1 amide bonds. The van der Waals surface area contributed by atoms with Gasteiger partial charge in [0.15, 0.2) is 0 Å². The highest BCUT2D eigenvalue weighted by Gasteiger charge is 2.21. The van der Waals surface area contributed by atoms with Gasteiger partial charge in [-0.15, -0.1) is 0 Å². The van der Waals surface area contributed by atoms with Crippen LogP contribution >= 0.6 is 0 Å². The van der Waals surface area contributed by atoms with Gasteiger partial charge in [-0.05, 0) is 63.4 Å². The summed E-state index contributed by atoms with van der Waals surface area (Å²) in [5, 5.41) is 6.34. The average Bonchev–Trinajstić information content (AvgIpc) is 2.74. The molecule has 0 aliphatic carbocycles. The molecular weight excluding hydrogens is 406 g/mol. The first-order chi connectivity index (χ1) is 15.4. The number of ether oxygens (including phenoxy) is 2. The molecule has 1 aromatic carbocycles. The van der Waals surface area contributed by atoms with Crippen molar-refractivity contribution in [2.45, 2.75) is 53.1 Å². The second kappa shape index (κ2) is 11.0. The first kappa shape index (κ1) is 23.7. The number of aryl methyl sites for hydroxylation is 1. The fourth-order valence-corrected chi connectivity index (χ4v) is 3.97. The second-order valence-corrected chi connectivity index (χ2v) is 8.08. The summed E-state index contributed by atoms with van der Waals surface area (Å²) < 4.78 is 11.4. The average molecular weight is 442 g/mol. The molecule has 1 fully saturated rings. The molecule has 8 nitrogen and oxygen atoms in total. The van der Waals surface area contributed by atoms with Crippen molar-refractivity contribution < 1.29 is 14.3 Å². The summed E-state index contributed by atoms with van der Waals surface area (Å²) in [5.74, 6) is 1.84. The molecule has 3 rings (SSSR count). The highest BCUT2D eigenvalue weighted by molar-refractivity contribution is 5.87. The molecule has 1 aromatic heterocycles. The number of hydrogen-bond acceptors (Lipinski definition) is 7. The van der Waals surface area contributed by atoms with E-state index in [-0.39, 0.29) is 5.91 Å². The zero-order chi connectivity index (χ0) is 23.1. The molecule has 4 N–H and O–H groups in total. The molecule has 1 saturated heterocycles. The topological polar surface area (TPSA) is 102 Å². The number of aromatic nitrogens is 1. The number of rotatable bonds is 9. The molecule has 0 unspecified atom stereocenters. The Morgan fingerprint density at radius 1 is 1.16 bits per heavy atom. The normalized spacial score (nSPS) is 14.8. The fourth-order valence-electron chi connectivity index (χ4n) is 3.97. The summed E-state index contributed by atoms with van der Waals surface area (Å²) >= 11 is 0. The molecule has 0 spiro atoms. The molecule has 2 aromatic rings. The van der Waals surface area contributed by atoms with Gasteiger partial charge in [-0.2, -0.15) is 0 Å². The van der Waals surface area contributed by atoms with E-state index in [4.69, 9.17) is 15.2 Å². The number of nitrogen functional groups attached to an aromatic ring is 1. The quantitative estimate of drug-likeness (QED) is 0.509. The molecule has 0 radical (unpaired) electrons. The Morgan fingerprint density at radius 3 is 2.31 bits per heavy atom. The third kappa shape index (κ3) is 6.26. The van der Waals surface area contributed by atoms with Crippen molar-refractivity contribution in [2.75, 3.05) is 42.7 Å². The molecule has 0 bridgehead atoms. The van der Waals surface area contributed by atoms with Crippen molar-refractivity contribution in [2.24, 2.45) is 0 Å². The van der Waals surface area contributed by atoms with Gasteiger partial charge in [0.1, 0.15) is 23.0 Å². The van der Waals surface area contributed by atoms with E-state index in [9.17, 15) is 4.79 Å². The van der Waals surface area contributed by atoms with Crippen LogP contribution in [-0.2, 0) is 11.3 Å². The maximum atomic E-state index is 11.2. The maximum Gasteiger partial charge on any atom is 0.222 e. The Hall–Kier alpha value is -3.00. The number of piperidine rings is 1. The lowest BCUT2D eigenvalue weighted by Crippen LogP contribution is -2.38. The van der Waals surface area contributed by atoms with Crippen LogP contribution in [0, 0.1) is 6.92 Å². The number of amides is 1. The number of carbonyl (C=O) groups excluding carboxylic acids is 1. The van der Waals surface area contributed by atoms with Gasteiger partial charge in [0, 0.05) is 32.6 Å². The molecule has 32 heavy (non-hydrogen) atoms. The van der Waals surface area contributed by atoms with Gasteiger partial charge in [-0.1, -0.05) is 0 Å². The summed E-state index contributed by atoms with van der Waals surface area (Å²) in [7, 11) is 0. The lowest BCUT2D eigenvalue weighted by molar-refractivity contribution is -0.114. The van der Waals surface area contributed by atoms with Gasteiger partial charge >= 0.3 is 0 Å². The van der Waals surface area contributed by atoms with Crippen LogP contribution in [0.5, 0.6) is 11.5 Å². The van der Waals surface area contributed by atoms with Gasteiger partial charge in [-0.25, -0.2) is 4.98 Å². The van der Waals surface area contributed by atoms with E-state index in [0.29, 0.717) is 42.3 Å². The van der Waals surface area contributed by atoms with E-state index in [2.05, 4.69) is 20.5 Å². The molecule has 1 aliphatic heterocycles. The largest absolute Gasteiger partial charge is 0.492 e. The summed E-state index contributed by atoms with van der Waals surface area (Å²) in [6.07, 6.45) is 2.08. The minimum atomic E-state index is -0.118. The highest BCUT2D eigenvalue weighted by atomic mass is 16.5. The van der Waals surface area contributed by atoms with Crippen LogP contribution in [0.2, 0.25) is 0 Å². The van der Waals surface area contributed by atoms with Crippen molar-refractivity contribution in [3.63, 3.8) is 0 Å². The first-order valence-corrected chi connectivity index (χ1v) is 11.3. The predicted molar refractivity (Wildman–Crippen MR) is 128 cm³/mol. The third-order valence-electron chi connectivity index (χ3n) is 5.51. The molecule has 174 valence electrons. The number of anilines is 3. The lowest BCUT2D eigenvalue weighted by Gasteiger charge is -2.33.